The van der Waals surface area contributed by atoms with Gasteiger partial charge < -0.3 is 5.11 Å². The second-order valence-electron chi connectivity index (χ2n) is 3.67. The SMILES string of the molecule is O=C(O)c1cc(S(=O)(=O)Nc2ccc(Br)cc2)c(Br)s1. The summed E-state index contributed by atoms with van der Waals surface area (Å²) in [6.45, 7) is 0. The van der Waals surface area contributed by atoms with Crippen LogP contribution in [0.5, 0.6) is 0 Å². The number of carboxylic acid groups (broad SMARTS) is 1. The molecule has 20 heavy (non-hydrogen) atoms. The first-order chi connectivity index (χ1) is 9.29. The third-order valence-corrected chi connectivity index (χ3v) is 6.40. The molecule has 0 aliphatic rings. The highest BCUT2D eigenvalue weighted by Gasteiger charge is 2.23. The van der Waals surface area contributed by atoms with Crippen LogP contribution in [-0.4, -0.2) is 19.5 Å². The van der Waals surface area contributed by atoms with Gasteiger partial charge >= 0.3 is 5.97 Å². The lowest BCUT2D eigenvalue weighted by atomic mass is 10.3. The van der Waals surface area contributed by atoms with Crippen LogP contribution in [0.1, 0.15) is 9.67 Å². The first-order valence-corrected chi connectivity index (χ1v) is 8.99. The van der Waals surface area contributed by atoms with Gasteiger partial charge in [-0.3, -0.25) is 4.72 Å². The van der Waals surface area contributed by atoms with E-state index >= 15 is 0 Å². The van der Waals surface area contributed by atoms with Gasteiger partial charge in [-0.25, -0.2) is 13.2 Å². The number of carbonyl (C=O) groups is 1. The predicted octanol–water partition coefficient (Wildman–Crippen LogP) is 3.77. The van der Waals surface area contributed by atoms with Gasteiger partial charge in [0.1, 0.15) is 9.77 Å². The van der Waals surface area contributed by atoms with E-state index in [2.05, 4.69) is 36.6 Å². The van der Waals surface area contributed by atoms with Crippen LogP contribution >= 0.6 is 43.2 Å². The van der Waals surface area contributed by atoms with Crippen molar-refractivity contribution in [2.45, 2.75) is 4.90 Å². The zero-order valence-corrected chi connectivity index (χ0v) is 14.4. The maximum atomic E-state index is 12.2. The lowest BCUT2D eigenvalue weighted by molar-refractivity contribution is 0.0702. The smallest absolute Gasteiger partial charge is 0.345 e. The average Bonchev–Trinajstić information content (AvgIpc) is 2.75. The van der Waals surface area contributed by atoms with E-state index in [0.717, 1.165) is 21.9 Å². The van der Waals surface area contributed by atoms with Gasteiger partial charge in [0.15, 0.2) is 0 Å². The van der Waals surface area contributed by atoms with Crippen molar-refractivity contribution in [3.05, 3.63) is 43.5 Å². The van der Waals surface area contributed by atoms with E-state index in [1.165, 1.54) is 0 Å². The van der Waals surface area contributed by atoms with Crippen LogP contribution in [0, 0.1) is 0 Å². The minimum atomic E-state index is -3.83. The van der Waals surface area contributed by atoms with E-state index in [1.54, 1.807) is 24.3 Å². The number of hydrogen-bond acceptors (Lipinski definition) is 4. The Morgan fingerprint density at radius 2 is 1.80 bits per heavy atom. The summed E-state index contributed by atoms with van der Waals surface area (Å²) in [6, 6.07) is 7.71. The summed E-state index contributed by atoms with van der Waals surface area (Å²) in [6.07, 6.45) is 0. The molecule has 106 valence electrons. The van der Waals surface area contributed by atoms with Crippen molar-refractivity contribution in [3.63, 3.8) is 0 Å². The summed E-state index contributed by atoms with van der Waals surface area (Å²) in [5.41, 5.74) is 0.392. The largest absolute Gasteiger partial charge is 0.477 e. The molecule has 0 aliphatic heterocycles. The topological polar surface area (TPSA) is 83.5 Å². The first kappa shape index (κ1) is 15.5. The molecule has 0 atom stereocenters. The number of rotatable bonds is 4. The minimum Gasteiger partial charge on any atom is -0.477 e. The molecule has 2 rings (SSSR count). The van der Waals surface area contributed by atoms with E-state index in [0.29, 0.717) is 5.69 Å². The van der Waals surface area contributed by atoms with E-state index in [1.807, 2.05) is 0 Å². The van der Waals surface area contributed by atoms with Crippen LogP contribution in [0.3, 0.4) is 0 Å². The highest BCUT2D eigenvalue weighted by molar-refractivity contribution is 9.11. The van der Waals surface area contributed by atoms with Crippen molar-refractivity contribution < 1.29 is 18.3 Å². The molecule has 0 saturated heterocycles. The average molecular weight is 441 g/mol. The second kappa shape index (κ2) is 5.84. The molecular weight excluding hydrogens is 434 g/mol. The molecule has 0 aliphatic carbocycles. The molecule has 5 nitrogen and oxygen atoms in total. The van der Waals surface area contributed by atoms with Gasteiger partial charge in [0, 0.05) is 10.2 Å². The van der Waals surface area contributed by atoms with Crippen LogP contribution in [0.4, 0.5) is 5.69 Å². The van der Waals surface area contributed by atoms with Gasteiger partial charge in [0.2, 0.25) is 0 Å². The Bertz CT molecular complexity index is 753. The number of nitrogens with one attached hydrogen (secondary N) is 1. The summed E-state index contributed by atoms with van der Waals surface area (Å²) >= 11 is 7.18. The number of aromatic carboxylic acids is 1. The Balaban J connectivity index is 2.35. The summed E-state index contributed by atoms with van der Waals surface area (Å²) in [4.78, 5) is 10.7. The standard InChI is InChI=1S/C11H7Br2NO4S2/c12-6-1-3-7(4-2-6)14-20(17,18)9-5-8(11(15)16)19-10(9)13/h1-5,14H,(H,15,16). The maximum Gasteiger partial charge on any atom is 0.345 e. The van der Waals surface area contributed by atoms with Gasteiger partial charge in [-0.1, -0.05) is 15.9 Å². The molecule has 1 heterocycles. The monoisotopic (exact) mass is 439 g/mol. The summed E-state index contributed by atoms with van der Waals surface area (Å²) in [7, 11) is -3.83. The molecule has 0 amide bonds. The second-order valence-corrected chi connectivity index (χ2v) is 8.60. The van der Waals surface area contributed by atoms with Gasteiger partial charge in [-0.15, -0.1) is 11.3 Å². The van der Waals surface area contributed by atoms with Crippen LogP contribution in [-0.2, 0) is 10.0 Å². The van der Waals surface area contributed by atoms with E-state index < -0.39 is 16.0 Å². The van der Waals surface area contributed by atoms with Crippen LogP contribution in [0.15, 0.2) is 43.5 Å². The molecule has 0 radical (unpaired) electrons. The summed E-state index contributed by atoms with van der Waals surface area (Å²) < 4.78 is 27.9. The van der Waals surface area contributed by atoms with Gasteiger partial charge in [0.05, 0.1) is 3.79 Å². The number of halogens is 2. The maximum absolute atomic E-state index is 12.2. The van der Waals surface area contributed by atoms with Gasteiger partial charge in [-0.05, 0) is 46.3 Å². The van der Waals surface area contributed by atoms with Crippen LogP contribution in [0.2, 0.25) is 0 Å². The number of carboxylic acids is 1. The fourth-order valence-electron chi connectivity index (χ4n) is 1.37. The highest BCUT2D eigenvalue weighted by atomic mass is 79.9. The Morgan fingerprint density at radius 3 is 2.30 bits per heavy atom. The molecule has 0 unspecified atom stereocenters. The number of benzene rings is 1. The number of sulfonamides is 1. The molecule has 0 saturated carbocycles. The molecule has 9 heteroatoms. The van der Waals surface area contributed by atoms with Gasteiger partial charge in [-0.2, -0.15) is 0 Å². The molecule has 2 N–H and O–H groups in total. The van der Waals surface area contributed by atoms with Crippen molar-refractivity contribution in [1.29, 1.82) is 0 Å². The quantitative estimate of drug-likeness (QED) is 0.757. The van der Waals surface area contributed by atoms with E-state index in [9.17, 15) is 13.2 Å². The molecule has 0 fully saturated rings. The molecule has 1 aromatic heterocycles. The normalized spacial score (nSPS) is 11.3. The fraction of sp³-hybridized carbons (Fsp3) is 0. The molecule has 0 bridgehead atoms. The number of anilines is 1. The summed E-state index contributed by atoms with van der Waals surface area (Å²) in [5.74, 6) is -1.17. The zero-order valence-electron chi connectivity index (χ0n) is 9.63. The molecule has 0 spiro atoms. The Morgan fingerprint density at radius 1 is 1.20 bits per heavy atom. The van der Waals surface area contributed by atoms with Crippen molar-refractivity contribution in [1.82, 2.24) is 0 Å². The Hall–Kier alpha value is -0.900. The van der Waals surface area contributed by atoms with Crippen molar-refractivity contribution in [2.24, 2.45) is 0 Å². The molecule has 1 aromatic carbocycles. The minimum absolute atomic E-state index is 0.0481. The summed E-state index contributed by atoms with van der Waals surface area (Å²) in [5, 5.41) is 8.88. The molecule has 2 aromatic rings. The Kier molecular flexibility index (Phi) is 4.52. The highest BCUT2D eigenvalue weighted by Crippen LogP contribution is 2.32. The fourth-order valence-corrected chi connectivity index (χ4v) is 5.10. The lowest BCUT2D eigenvalue weighted by Gasteiger charge is -2.07. The lowest BCUT2D eigenvalue weighted by Crippen LogP contribution is -2.12. The zero-order chi connectivity index (χ0) is 14.9. The third kappa shape index (κ3) is 3.40. The third-order valence-electron chi connectivity index (χ3n) is 2.25. The molecular formula is C11H7Br2NO4S2. The van der Waals surface area contributed by atoms with Gasteiger partial charge in [0.25, 0.3) is 10.0 Å². The van der Waals surface area contributed by atoms with E-state index in [-0.39, 0.29) is 13.6 Å². The van der Waals surface area contributed by atoms with Crippen molar-refractivity contribution in [3.8, 4) is 0 Å². The predicted molar refractivity (Wildman–Crippen MR) is 83.9 cm³/mol. The van der Waals surface area contributed by atoms with Crippen molar-refractivity contribution >= 4 is 64.9 Å². The van der Waals surface area contributed by atoms with Crippen molar-refractivity contribution in [2.75, 3.05) is 4.72 Å². The van der Waals surface area contributed by atoms with Crippen LogP contribution in [0.25, 0.3) is 0 Å². The first-order valence-electron chi connectivity index (χ1n) is 5.10. The van der Waals surface area contributed by atoms with Crippen LogP contribution < -0.4 is 4.72 Å². The number of thiophene rings is 1. The number of hydrogen-bond donors (Lipinski definition) is 2. The Labute approximate surface area is 135 Å². The van der Waals surface area contributed by atoms with E-state index in [4.69, 9.17) is 5.11 Å².